The Morgan fingerprint density at radius 1 is 1.54 bits per heavy atom. The van der Waals surface area contributed by atoms with Gasteiger partial charge in [-0.25, -0.2) is 4.39 Å². The molecule has 0 heterocycles. The average Bonchev–Trinajstić information content (AvgIpc) is 2.12. The van der Waals surface area contributed by atoms with Gasteiger partial charge in [0, 0.05) is 5.56 Å². The maximum absolute atomic E-state index is 13.0. The van der Waals surface area contributed by atoms with Crippen LogP contribution in [0.25, 0.3) is 0 Å². The van der Waals surface area contributed by atoms with Crippen molar-refractivity contribution in [1.82, 2.24) is 0 Å². The molecule has 0 saturated heterocycles. The third kappa shape index (κ3) is 2.42. The average molecular weight is 286 g/mol. The van der Waals surface area contributed by atoms with Crippen molar-refractivity contribution in [3.63, 3.8) is 0 Å². The number of carbonyl (C=O) groups excluding carboxylic acids is 1. The van der Waals surface area contributed by atoms with Crippen LogP contribution in [-0.2, 0) is 0 Å². The van der Waals surface area contributed by atoms with Crippen molar-refractivity contribution in [3.8, 4) is 0 Å². The summed E-state index contributed by atoms with van der Waals surface area (Å²) in [5.74, 6) is -1.01. The second kappa shape index (κ2) is 4.40. The number of hydrogen-bond acceptors (Lipinski definition) is 1. The largest absolute Gasteiger partial charge is 0.293 e. The minimum absolute atomic E-state index is 0.0946. The lowest BCUT2D eigenvalue weighted by Crippen LogP contribution is -2.00. The predicted molar refractivity (Wildman–Crippen MR) is 54.2 cm³/mol. The quantitative estimate of drug-likeness (QED) is 0.460. The van der Waals surface area contributed by atoms with E-state index in [0.29, 0.717) is 5.56 Å². The van der Waals surface area contributed by atoms with Crippen LogP contribution < -0.4 is 0 Å². The highest BCUT2D eigenvalue weighted by molar-refractivity contribution is 9.10. The molecule has 5 heteroatoms. The van der Waals surface area contributed by atoms with Crippen molar-refractivity contribution >= 4 is 44.9 Å². The highest BCUT2D eigenvalue weighted by atomic mass is 79.9. The summed E-state index contributed by atoms with van der Waals surface area (Å²) in [4.78, 5) is 11.1. The zero-order valence-electron chi connectivity index (χ0n) is 6.28. The Labute approximate surface area is 93.0 Å². The van der Waals surface area contributed by atoms with E-state index in [1.165, 1.54) is 12.1 Å². The third-order valence-electron chi connectivity index (χ3n) is 1.43. The minimum Gasteiger partial charge on any atom is -0.293 e. The first-order valence-electron chi connectivity index (χ1n) is 3.30. The highest BCUT2D eigenvalue weighted by Crippen LogP contribution is 2.25. The van der Waals surface area contributed by atoms with E-state index in [4.69, 9.17) is 23.2 Å². The van der Waals surface area contributed by atoms with E-state index in [9.17, 15) is 9.18 Å². The monoisotopic (exact) mass is 284 g/mol. The molecule has 0 atom stereocenters. The van der Waals surface area contributed by atoms with Crippen LogP contribution >= 0.6 is 39.1 Å². The summed E-state index contributed by atoms with van der Waals surface area (Å²) in [5, 5.41) is -0.0946. The molecule has 0 spiro atoms. The number of hydrogen-bond donors (Lipinski definition) is 0. The number of benzene rings is 1. The second-order valence-corrected chi connectivity index (χ2v) is 3.84. The van der Waals surface area contributed by atoms with Crippen molar-refractivity contribution in [1.29, 1.82) is 0 Å². The lowest BCUT2D eigenvalue weighted by Gasteiger charge is -2.01. The molecule has 0 fully saturated rings. The van der Waals surface area contributed by atoms with Gasteiger partial charge in [-0.1, -0.05) is 11.6 Å². The van der Waals surface area contributed by atoms with Gasteiger partial charge in [0.05, 0.1) is 15.4 Å². The summed E-state index contributed by atoms with van der Waals surface area (Å²) in [5.41, 5.74) is 0.299. The van der Waals surface area contributed by atoms with Gasteiger partial charge in [-0.15, -0.1) is 11.6 Å². The number of carbonyl (C=O) groups is 1. The Balaban J connectivity index is 3.20. The Kier molecular flexibility index (Phi) is 3.71. The zero-order chi connectivity index (χ0) is 10.0. The van der Waals surface area contributed by atoms with Crippen molar-refractivity contribution in [3.05, 3.63) is 33.0 Å². The number of alkyl halides is 1. The van der Waals surface area contributed by atoms with Crippen LogP contribution in [0, 0.1) is 5.82 Å². The van der Waals surface area contributed by atoms with Gasteiger partial charge in [-0.05, 0) is 28.1 Å². The first kappa shape index (κ1) is 11.0. The summed E-state index contributed by atoms with van der Waals surface area (Å²) in [7, 11) is 0. The molecule has 0 aliphatic carbocycles. The van der Waals surface area contributed by atoms with Crippen molar-refractivity contribution < 1.29 is 9.18 Å². The number of halogens is 4. The van der Waals surface area contributed by atoms with E-state index in [1.807, 2.05) is 0 Å². The van der Waals surface area contributed by atoms with Gasteiger partial charge in [-0.2, -0.15) is 0 Å². The molecule has 0 aliphatic heterocycles. The fraction of sp³-hybridized carbons (Fsp3) is 0.125. The molecule has 1 rings (SSSR count). The van der Waals surface area contributed by atoms with Gasteiger partial charge in [0.15, 0.2) is 11.6 Å². The van der Waals surface area contributed by atoms with E-state index < -0.39 is 5.82 Å². The first-order valence-corrected chi connectivity index (χ1v) is 5.00. The smallest absolute Gasteiger partial charge is 0.177 e. The summed E-state index contributed by atoms with van der Waals surface area (Å²) in [6, 6.07) is 2.61. The Hall–Kier alpha value is -0.120. The third-order valence-corrected chi connectivity index (χ3v) is 2.52. The van der Waals surface area contributed by atoms with Crippen LogP contribution in [0.3, 0.4) is 0 Å². The molecule has 0 N–H and O–H groups in total. The predicted octanol–water partition coefficient (Wildman–Crippen LogP) is 3.66. The summed E-state index contributed by atoms with van der Waals surface area (Å²) in [6.45, 7) is 0. The molecule has 0 amide bonds. The molecule has 1 nitrogen and oxygen atoms in total. The lowest BCUT2D eigenvalue weighted by molar-refractivity contribution is 0.102. The van der Waals surface area contributed by atoms with E-state index in [0.717, 1.165) is 0 Å². The molecule has 0 radical (unpaired) electrons. The van der Waals surface area contributed by atoms with Crippen LogP contribution in [-0.4, -0.2) is 11.7 Å². The molecule has 0 aliphatic rings. The lowest BCUT2D eigenvalue weighted by atomic mass is 10.1. The molecule has 13 heavy (non-hydrogen) atoms. The van der Waals surface area contributed by atoms with Crippen LogP contribution in [0.5, 0.6) is 0 Å². The molecule has 0 unspecified atom stereocenters. The maximum atomic E-state index is 13.0. The van der Waals surface area contributed by atoms with Crippen LogP contribution in [0.2, 0.25) is 5.02 Å². The standard InChI is InChI=1S/C8H4BrCl2FO/c9-5-1-4(7(13)3-10)2-6(11)8(5)12/h1-2H,3H2. The van der Waals surface area contributed by atoms with Gasteiger partial charge >= 0.3 is 0 Å². The van der Waals surface area contributed by atoms with Crippen LogP contribution in [0.4, 0.5) is 4.39 Å². The summed E-state index contributed by atoms with van der Waals surface area (Å²) >= 11 is 13.8. The van der Waals surface area contributed by atoms with Crippen molar-refractivity contribution in [2.75, 3.05) is 5.88 Å². The summed E-state index contributed by atoms with van der Waals surface area (Å²) in [6.07, 6.45) is 0. The minimum atomic E-state index is -0.576. The molecule has 1 aromatic carbocycles. The van der Waals surface area contributed by atoms with E-state index in [-0.39, 0.29) is 21.2 Å². The van der Waals surface area contributed by atoms with Crippen molar-refractivity contribution in [2.45, 2.75) is 0 Å². The molecular weight excluding hydrogens is 282 g/mol. The SMILES string of the molecule is O=C(CCl)c1cc(Cl)c(F)c(Br)c1. The number of Topliss-reactive ketones (excluding diaryl/α,β-unsaturated/α-hetero) is 1. The molecule has 0 bridgehead atoms. The van der Waals surface area contributed by atoms with E-state index in [1.54, 1.807) is 0 Å². The fourth-order valence-corrected chi connectivity index (χ4v) is 1.74. The zero-order valence-corrected chi connectivity index (χ0v) is 9.38. The van der Waals surface area contributed by atoms with E-state index >= 15 is 0 Å². The molecular formula is C8H4BrCl2FO. The number of rotatable bonds is 2. The molecule has 0 saturated carbocycles. The maximum Gasteiger partial charge on any atom is 0.177 e. The Morgan fingerprint density at radius 3 is 2.62 bits per heavy atom. The highest BCUT2D eigenvalue weighted by Gasteiger charge is 2.11. The second-order valence-electron chi connectivity index (χ2n) is 2.31. The summed E-state index contributed by atoms with van der Waals surface area (Å²) < 4.78 is 13.1. The van der Waals surface area contributed by atoms with Gasteiger partial charge in [0.2, 0.25) is 0 Å². The Bertz CT molecular complexity index is 331. The first-order chi connectivity index (χ1) is 6.06. The topological polar surface area (TPSA) is 17.1 Å². The van der Waals surface area contributed by atoms with Gasteiger partial charge in [0.25, 0.3) is 0 Å². The Morgan fingerprint density at radius 2 is 2.15 bits per heavy atom. The molecule has 0 aromatic heterocycles. The number of ketones is 1. The van der Waals surface area contributed by atoms with Crippen LogP contribution in [0.15, 0.2) is 16.6 Å². The van der Waals surface area contributed by atoms with E-state index in [2.05, 4.69) is 15.9 Å². The van der Waals surface area contributed by atoms with Gasteiger partial charge in [0.1, 0.15) is 0 Å². The fourth-order valence-electron chi connectivity index (χ4n) is 0.794. The normalized spacial score (nSPS) is 10.2. The van der Waals surface area contributed by atoms with Crippen molar-refractivity contribution in [2.24, 2.45) is 0 Å². The van der Waals surface area contributed by atoms with Gasteiger partial charge < -0.3 is 0 Å². The van der Waals surface area contributed by atoms with Gasteiger partial charge in [-0.3, -0.25) is 4.79 Å². The molecule has 70 valence electrons. The van der Waals surface area contributed by atoms with Crippen LogP contribution in [0.1, 0.15) is 10.4 Å². The molecule has 1 aromatic rings.